The highest BCUT2D eigenvalue weighted by Gasteiger charge is 2.11. The number of rotatable bonds is 8. The fourth-order valence-electron chi connectivity index (χ4n) is 3.92. The first kappa shape index (κ1) is 24.0. The van der Waals surface area contributed by atoms with Crippen LogP contribution >= 0.6 is 0 Å². The minimum absolute atomic E-state index is 0.518. The number of nitrogens with one attached hydrogen (secondary N) is 1. The first-order valence-corrected chi connectivity index (χ1v) is 11.8. The summed E-state index contributed by atoms with van der Waals surface area (Å²) in [7, 11) is 0. The minimum Gasteiger partial charge on any atom is -0.364 e. The third-order valence-electron chi connectivity index (χ3n) is 5.65. The Balaban J connectivity index is 1.51. The maximum atomic E-state index is 4.65. The Morgan fingerprint density at radius 2 is 1.91 bits per heavy atom. The lowest BCUT2D eigenvalue weighted by molar-refractivity contribution is 0.980. The van der Waals surface area contributed by atoms with Gasteiger partial charge in [0, 0.05) is 28.3 Å². The molecule has 0 saturated heterocycles. The van der Waals surface area contributed by atoms with Crippen molar-refractivity contribution >= 4 is 22.3 Å². The molecule has 35 heavy (non-hydrogen) atoms. The van der Waals surface area contributed by atoms with E-state index in [1.54, 1.807) is 12.5 Å². The fraction of sp³-hybridized carbons (Fsp3) is 0.207. The van der Waals surface area contributed by atoms with Crippen molar-refractivity contribution < 1.29 is 0 Å². The molecule has 3 heterocycles. The van der Waals surface area contributed by atoms with Crippen LogP contribution in [0.5, 0.6) is 0 Å². The minimum atomic E-state index is 0.518. The molecule has 0 amide bonds. The summed E-state index contributed by atoms with van der Waals surface area (Å²) in [5.41, 5.74) is 7.82. The van der Waals surface area contributed by atoms with Crippen LogP contribution in [0.1, 0.15) is 44.1 Å². The standard InChI is InChI=1S/C29H30N6/c1-5-8-20(3)14-22(9-6-2)27-18-31-25(16-32-27)17-33-29-21(4)28(34-19-35-29)24-11-12-26-23(15-24)10-7-13-30-26/h6-16,18-19H,5,17H2,1-4H3,(H,33,34,35)/b9-6-,20-8+,22-14+. The zero-order valence-corrected chi connectivity index (χ0v) is 20.7. The molecule has 0 bridgehead atoms. The number of hydrogen-bond donors (Lipinski definition) is 1. The monoisotopic (exact) mass is 462 g/mol. The van der Waals surface area contributed by atoms with Crippen LogP contribution in [0, 0.1) is 6.92 Å². The predicted octanol–water partition coefficient (Wildman–Crippen LogP) is 6.72. The summed E-state index contributed by atoms with van der Waals surface area (Å²) in [6.07, 6.45) is 16.4. The molecule has 0 spiro atoms. The van der Waals surface area contributed by atoms with E-state index in [1.165, 1.54) is 5.57 Å². The average Bonchev–Trinajstić information content (AvgIpc) is 2.88. The molecule has 0 aliphatic rings. The Hall–Kier alpha value is -4.19. The number of fused-ring (bicyclic) bond motifs is 1. The van der Waals surface area contributed by atoms with Gasteiger partial charge in [0.2, 0.25) is 0 Å². The van der Waals surface area contributed by atoms with E-state index in [1.807, 2.05) is 50.5 Å². The Bertz CT molecular complexity index is 1400. The van der Waals surface area contributed by atoms with Crippen molar-refractivity contribution in [1.29, 1.82) is 0 Å². The van der Waals surface area contributed by atoms with Crippen LogP contribution in [0.3, 0.4) is 0 Å². The quantitative estimate of drug-likeness (QED) is 0.293. The molecule has 0 saturated carbocycles. The molecule has 0 aliphatic carbocycles. The van der Waals surface area contributed by atoms with E-state index in [-0.39, 0.29) is 0 Å². The second kappa shape index (κ2) is 11.3. The van der Waals surface area contributed by atoms with Crippen LogP contribution in [-0.4, -0.2) is 24.9 Å². The Morgan fingerprint density at radius 3 is 2.69 bits per heavy atom. The van der Waals surface area contributed by atoms with Gasteiger partial charge in [-0.2, -0.15) is 0 Å². The predicted molar refractivity (Wildman–Crippen MR) is 144 cm³/mol. The van der Waals surface area contributed by atoms with Crippen LogP contribution in [-0.2, 0) is 6.54 Å². The van der Waals surface area contributed by atoms with Gasteiger partial charge in [-0.15, -0.1) is 0 Å². The topological polar surface area (TPSA) is 76.5 Å². The SMILES string of the molecule is C\C=C/C(=C\C(C)=C\CC)c1cnc(CNc2ncnc(-c3ccc4ncccc4c3)c2C)cn1. The van der Waals surface area contributed by atoms with Gasteiger partial charge in [-0.25, -0.2) is 9.97 Å². The van der Waals surface area contributed by atoms with Gasteiger partial charge in [0.1, 0.15) is 12.1 Å². The highest BCUT2D eigenvalue weighted by atomic mass is 15.0. The number of anilines is 1. The normalized spacial score (nSPS) is 12.5. The molecule has 4 rings (SSSR count). The summed E-state index contributed by atoms with van der Waals surface area (Å²) >= 11 is 0. The Morgan fingerprint density at radius 1 is 1.03 bits per heavy atom. The molecule has 6 heteroatoms. The summed E-state index contributed by atoms with van der Waals surface area (Å²) in [5, 5.41) is 4.48. The van der Waals surface area contributed by atoms with Crippen molar-refractivity contribution in [3.05, 3.63) is 102 Å². The number of hydrogen-bond acceptors (Lipinski definition) is 6. The molecule has 0 atom stereocenters. The third-order valence-corrected chi connectivity index (χ3v) is 5.65. The highest BCUT2D eigenvalue weighted by molar-refractivity contribution is 5.84. The summed E-state index contributed by atoms with van der Waals surface area (Å²) in [6, 6.07) is 10.2. The molecular weight excluding hydrogens is 432 g/mol. The molecule has 176 valence electrons. The summed E-state index contributed by atoms with van der Waals surface area (Å²) in [5.74, 6) is 0.780. The van der Waals surface area contributed by atoms with Crippen molar-refractivity contribution in [3.63, 3.8) is 0 Å². The summed E-state index contributed by atoms with van der Waals surface area (Å²) in [4.78, 5) is 22.7. The highest BCUT2D eigenvalue weighted by Crippen LogP contribution is 2.27. The first-order chi connectivity index (χ1) is 17.1. The van der Waals surface area contributed by atoms with Crippen LogP contribution in [0.2, 0.25) is 0 Å². The van der Waals surface area contributed by atoms with Crippen molar-refractivity contribution in [2.24, 2.45) is 0 Å². The lowest BCUT2D eigenvalue weighted by atomic mass is 10.0. The maximum Gasteiger partial charge on any atom is 0.133 e. The molecule has 6 nitrogen and oxygen atoms in total. The molecule has 1 aromatic carbocycles. The van der Waals surface area contributed by atoms with Crippen molar-refractivity contribution in [2.75, 3.05) is 5.32 Å². The molecule has 0 aliphatic heterocycles. The van der Waals surface area contributed by atoms with Crippen molar-refractivity contribution in [1.82, 2.24) is 24.9 Å². The number of nitrogens with zero attached hydrogens (tertiary/aromatic N) is 5. The molecule has 1 N–H and O–H groups in total. The summed E-state index contributed by atoms with van der Waals surface area (Å²) < 4.78 is 0. The first-order valence-electron chi connectivity index (χ1n) is 11.8. The van der Waals surface area contributed by atoms with E-state index < -0.39 is 0 Å². The summed E-state index contributed by atoms with van der Waals surface area (Å²) in [6.45, 7) is 8.79. The van der Waals surface area contributed by atoms with Gasteiger partial charge in [0.05, 0.1) is 41.5 Å². The van der Waals surface area contributed by atoms with Gasteiger partial charge in [-0.3, -0.25) is 15.0 Å². The number of benzene rings is 1. The molecule has 0 radical (unpaired) electrons. The Kier molecular flexibility index (Phi) is 7.73. The van der Waals surface area contributed by atoms with Crippen molar-refractivity contribution in [3.8, 4) is 11.3 Å². The lowest BCUT2D eigenvalue weighted by Crippen LogP contribution is -2.07. The number of pyridine rings is 1. The van der Waals surface area contributed by atoms with Gasteiger partial charge in [-0.05, 0) is 45.4 Å². The van der Waals surface area contributed by atoms with Crippen LogP contribution in [0.4, 0.5) is 5.82 Å². The van der Waals surface area contributed by atoms with E-state index in [0.29, 0.717) is 6.54 Å². The molecule has 3 aromatic heterocycles. The molecule has 0 fully saturated rings. The molecular formula is C29H30N6. The van der Waals surface area contributed by atoms with Crippen LogP contribution in [0.15, 0.2) is 85.1 Å². The van der Waals surface area contributed by atoms with Gasteiger partial charge in [-0.1, -0.05) is 48.9 Å². The third kappa shape index (κ3) is 5.84. The maximum absolute atomic E-state index is 4.65. The zero-order valence-electron chi connectivity index (χ0n) is 20.7. The van der Waals surface area contributed by atoms with E-state index in [9.17, 15) is 0 Å². The average molecular weight is 463 g/mol. The van der Waals surface area contributed by atoms with E-state index >= 15 is 0 Å². The van der Waals surface area contributed by atoms with E-state index in [2.05, 4.69) is 74.4 Å². The molecule has 0 unspecified atom stereocenters. The van der Waals surface area contributed by atoms with Crippen LogP contribution < -0.4 is 5.32 Å². The smallest absolute Gasteiger partial charge is 0.133 e. The largest absolute Gasteiger partial charge is 0.364 e. The van der Waals surface area contributed by atoms with Gasteiger partial charge in [0.15, 0.2) is 0 Å². The number of allylic oxidation sites excluding steroid dienone is 6. The second-order valence-electron chi connectivity index (χ2n) is 8.31. The van der Waals surface area contributed by atoms with Crippen LogP contribution in [0.25, 0.3) is 27.7 Å². The van der Waals surface area contributed by atoms with Gasteiger partial charge in [0.25, 0.3) is 0 Å². The van der Waals surface area contributed by atoms with E-state index in [4.69, 9.17) is 0 Å². The fourth-order valence-corrected chi connectivity index (χ4v) is 3.92. The second-order valence-corrected chi connectivity index (χ2v) is 8.31. The van der Waals surface area contributed by atoms with Gasteiger partial charge >= 0.3 is 0 Å². The van der Waals surface area contributed by atoms with Gasteiger partial charge < -0.3 is 5.32 Å². The zero-order chi connectivity index (χ0) is 24.6. The van der Waals surface area contributed by atoms with E-state index in [0.717, 1.165) is 56.9 Å². The van der Waals surface area contributed by atoms with Crippen molar-refractivity contribution in [2.45, 2.75) is 40.7 Å². The number of aromatic nitrogens is 5. The lowest BCUT2D eigenvalue weighted by Gasteiger charge is -2.12. The molecule has 4 aromatic rings. The Labute approximate surface area is 206 Å².